The molecule has 1 heterocycles. The summed E-state index contributed by atoms with van der Waals surface area (Å²) in [4.78, 5) is 26.6. The molecular weight excluding hydrogens is 336 g/mol. The molecule has 25 heavy (non-hydrogen) atoms. The van der Waals surface area contributed by atoms with Gasteiger partial charge in [0, 0.05) is 5.69 Å². The van der Waals surface area contributed by atoms with Crippen molar-refractivity contribution in [2.24, 2.45) is 0 Å². The predicted molar refractivity (Wildman–Crippen MR) is 101 cm³/mol. The number of nitrogens with one attached hydrogen (secondary N) is 1. The summed E-state index contributed by atoms with van der Waals surface area (Å²) >= 11 is 6.20. The second kappa shape index (κ2) is 6.37. The molecule has 0 saturated carbocycles. The Morgan fingerprint density at radius 2 is 1.48 bits per heavy atom. The lowest BCUT2D eigenvalue weighted by atomic mass is 10.1. The smallest absolute Gasteiger partial charge is 0.283 e. The second-order valence-corrected chi connectivity index (χ2v) is 6.75. The van der Waals surface area contributed by atoms with E-state index in [1.165, 1.54) is 0 Å². The van der Waals surface area contributed by atoms with Crippen molar-refractivity contribution in [3.63, 3.8) is 0 Å². The van der Waals surface area contributed by atoms with Crippen molar-refractivity contribution in [3.05, 3.63) is 69.4 Å². The number of rotatable bonds is 3. The number of nitrogens with zero attached hydrogens (tertiary/aromatic N) is 1. The summed E-state index contributed by atoms with van der Waals surface area (Å²) < 4.78 is 0. The maximum Gasteiger partial charge on any atom is 0.283 e. The minimum absolute atomic E-state index is 0.0918. The number of carbonyl (C=O) groups is 2. The Hall–Kier alpha value is -2.59. The molecule has 2 aromatic rings. The summed E-state index contributed by atoms with van der Waals surface area (Å²) in [5.41, 5.74) is 5.35. The van der Waals surface area contributed by atoms with E-state index in [0.717, 1.165) is 32.8 Å². The van der Waals surface area contributed by atoms with Gasteiger partial charge in [-0.2, -0.15) is 0 Å². The third-order valence-corrected chi connectivity index (χ3v) is 4.62. The van der Waals surface area contributed by atoms with Crippen molar-refractivity contribution in [2.45, 2.75) is 27.7 Å². The first kappa shape index (κ1) is 17.2. The van der Waals surface area contributed by atoms with Crippen LogP contribution in [0.1, 0.15) is 22.3 Å². The van der Waals surface area contributed by atoms with E-state index in [4.69, 9.17) is 11.6 Å². The fourth-order valence-electron chi connectivity index (χ4n) is 2.89. The van der Waals surface area contributed by atoms with E-state index < -0.39 is 11.8 Å². The van der Waals surface area contributed by atoms with Crippen LogP contribution in [0.4, 0.5) is 11.4 Å². The van der Waals surface area contributed by atoms with Gasteiger partial charge in [0.25, 0.3) is 11.8 Å². The Morgan fingerprint density at radius 3 is 2.16 bits per heavy atom. The molecule has 0 aliphatic carbocycles. The Labute approximate surface area is 152 Å². The number of hydrogen-bond acceptors (Lipinski definition) is 3. The zero-order chi connectivity index (χ0) is 18.3. The van der Waals surface area contributed by atoms with E-state index in [2.05, 4.69) is 5.32 Å². The molecule has 3 rings (SSSR count). The number of benzene rings is 2. The summed E-state index contributed by atoms with van der Waals surface area (Å²) in [6.45, 7) is 7.72. The first-order valence-electron chi connectivity index (χ1n) is 7.99. The van der Waals surface area contributed by atoms with E-state index >= 15 is 0 Å². The monoisotopic (exact) mass is 354 g/mol. The molecule has 0 spiro atoms. The van der Waals surface area contributed by atoms with E-state index in [-0.39, 0.29) is 10.7 Å². The van der Waals surface area contributed by atoms with Gasteiger partial charge in [-0.3, -0.25) is 9.59 Å². The van der Waals surface area contributed by atoms with Crippen molar-refractivity contribution >= 4 is 34.8 Å². The molecule has 2 amide bonds. The van der Waals surface area contributed by atoms with Crippen LogP contribution in [-0.4, -0.2) is 11.8 Å². The maximum absolute atomic E-state index is 12.9. The van der Waals surface area contributed by atoms with E-state index in [0.29, 0.717) is 5.69 Å². The zero-order valence-electron chi connectivity index (χ0n) is 14.6. The quantitative estimate of drug-likeness (QED) is 0.833. The van der Waals surface area contributed by atoms with Crippen molar-refractivity contribution in [2.75, 3.05) is 10.2 Å². The highest BCUT2D eigenvalue weighted by atomic mass is 35.5. The van der Waals surface area contributed by atoms with Crippen molar-refractivity contribution in [1.29, 1.82) is 0 Å². The SMILES string of the molecule is Cc1ccc(N2C(=O)C(Cl)=C(Nc3cc(C)ccc3C)C2=O)c(C)c1. The van der Waals surface area contributed by atoms with Gasteiger partial charge in [0.1, 0.15) is 10.7 Å². The van der Waals surface area contributed by atoms with Crippen LogP contribution < -0.4 is 10.2 Å². The highest BCUT2D eigenvalue weighted by molar-refractivity contribution is 6.53. The fraction of sp³-hybridized carbons (Fsp3) is 0.200. The van der Waals surface area contributed by atoms with Gasteiger partial charge in [0.2, 0.25) is 0 Å². The van der Waals surface area contributed by atoms with E-state index in [9.17, 15) is 9.59 Å². The summed E-state index contributed by atoms with van der Waals surface area (Å²) in [7, 11) is 0. The van der Waals surface area contributed by atoms with Crippen LogP contribution in [0.2, 0.25) is 0 Å². The van der Waals surface area contributed by atoms with Gasteiger partial charge in [-0.15, -0.1) is 0 Å². The van der Waals surface area contributed by atoms with Crippen LogP contribution in [-0.2, 0) is 9.59 Å². The van der Waals surface area contributed by atoms with Crippen molar-refractivity contribution in [1.82, 2.24) is 0 Å². The fourth-order valence-corrected chi connectivity index (χ4v) is 3.10. The summed E-state index contributed by atoms with van der Waals surface area (Å²) in [5, 5.41) is 2.95. The summed E-state index contributed by atoms with van der Waals surface area (Å²) in [6, 6.07) is 11.4. The Balaban J connectivity index is 1.98. The van der Waals surface area contributed by atoms with Gasteiger partial charge in [0.05, 0.1) is 5.69 Å². The first-order valence-corrected chi connectivity index (χ1v) is 8.37. The van der Waals surface area contributed by atoms with Gasteiger partial charge in [-0.25, -0.2) is 4.90 Å². The molecule has 1 N–H and O–H groups in total. The maximum atomic E-state index is 12.9. The topological polar surface area (TPSA) is 49.4 Å². The van der Waals surface area contributed by atoms with Crippen molar-refractivity contribution < 1.29 is 9.59 Å². The Kier molecular flexibility index (Phi) is 4.39. The van der Waals surface area contributed by atoms with Gasteiger partial charge < -0.3 is 5.32 Å². The first-order chi connectivity index (χ1) is 11.8. The van der Waals surface area contributed by atoms with Gasteiger partial charge in [-0.05, 0) is 56.5 Å². The van der Waals surface area contributed by atoms with Gasteiger partial charge in [-0.1, -0.05) is 41.4 Å². The van der Waals surface area contributed by atoms with Crippen LogP contribution in [0, 0.1) is 27.7 Å². The normalized spacial score (nSPS) is 14.5. The molecule has 0 fully saturated rings. The average Bonchev–Trinajstić information content (AvgIpc) is 2.75. The number of hydrogen-bond donors (Lipinski definition) is 1. The lowest BCUT2D eigenvalue weighted by Gasteiger charge is -2.18. The molecule has 0 aromatic heterocycles. The molecular formula is C20H19ClN2O2. The number of anilines is 2. The third-order valence-electron chi connectivity index (χ3n) is 4.27. The average molecular weight is 355 g/mol. The van der Waals surface area contributed by atoms with Crippen LogP contribution in [0.3, 0.4) is 0 Å². The summed E-state index contributed by atoms with van der Waals surface area (Å²) in [6.07, 6.45) is 0. The molecule has 128 valence electrons. The second-order valence-electron chi connectivity index (χ2n) is 6.37. The van der Waals surface area contributed by atoms with Crippen molar-refractivity contribution in [3.8, 4) is 0 Å². The molecule has 5 heteroatoms. The highest BCUT2D eigenvalue weighted by Gasteiger charge is 2.39. The molecule has 1 aliphatic rings. The molecule has 0 saturated heterocycles. The summed E-state index contributed by atoms with van der Waals surface area (Å²) in [5.74, 6) is -0.950. The number of carbonyl (C=O) groups excluding carboxylic acids is 2. The minimum Gasteiger partial charge on any atom is -0.349 e. The zero-order valence-corrected chi connectivity index (χ0v) is 15.4. The molecule has 0 bridgehead atoms. The number of halogens is 1. The standard InChI is InChI=1S/C20H19ClN2O2/c1-11-6-8-16(14(4)9-11)23-19(24)17(21)18(20(23)25)22-15-10-12(2)5-7-13(15)3/h5-10,22H,1-4H3. The number of aryl methyl sites for hydroxylation is 4. The van der Waals surface area contributed by atoms with Crippen LogP contribution >= 0.6 is 11.6 Å². The predicted octanol–water partition coefficient (Wildman–Crippen LogP) is 4.36. The minimum atomic E-state index is -0.508. The van der Waals surface area contributed by atoms with E-state index in [1.54, 1.807) is 6.07 Å². The van der Waals surface area contributed by atoms with Gasteiger partial charge >= 0.3 is 0 Å². The highest BCUT2D eigenvalue weighted by Crippen LogP contribution is 2.32. The molecule has 1 aliphatic heterocycles. The molecule has 0 atom stereocenters. The van der Waals surface area contributed by atoms with Crippen LogP contribution in [0.25, 0.3) is 0 Å². The van der Waals surface area contributed by atoms with Crippen LogP contribution in [0.15, 0.2) is 47.1 Å². The molecule has 0 unspecified atom stereocenters. The lowest BCUT2D eigenvalue weighted by Crippen LogP contribution is -2.32. The Morgan fingerprint density at radius 1 is 0.840 bits per heavy atom. The number of imide groups is 1. The number of amides is 2. The molecule has 2 aromatic carbocycles. The molecule has 0 radical (unpaired) electrons. The molecule has 4 nitrogen and oxygen atoms in total. The van der Waals surface area contributed by atoms with Gasteiger partial charge in [0.15, 0.2) is 0 Å². The Bertz CT molecular complexity index is 931. The largest absolute Gasteiger partial charge is 0.349 e. The lowest BCUT2D eigenvalue weighted by molar-refractivity contribution is -0.120. The van der Waals surface area contributed by atoms with E-state index in [1.807, 2.05) is 58.0 Å². The van der Waals surface area contributed by atoms with Crippen LogP contribution in [0.5, 0.6) is 0 Å². The third kappa shape index (κ3) is 3.05.